The molecular formula is C24H28N4O. The van der Waals surface area contributed by atoms with Crippen LogP contribution in [0.3, 0.4) is 0 Å². The lowest BCUT2D eigenvalue weighted by Gasteiger charge is -2.32. The Bertz CT molecular complexity index is 955. The number of piperidine rings is 1. The Balaban J connectivity index is 1.22. The summed E-state index contributed by atoms with van der Waals surface area (Å²) in [6.45, 7) is 4.15. The van der Waals surface area contributed by atoms with Crippen LogP contribution in [0.15, 0.2) is 48.5 Å². The fraction of sp³-hybridized carbons (Fsp3) is 0.417. The number of nitrogens with one attached hydrogen (secondary N) is 1. The molecule has 5 heteroatoms. The number of carbonyl (C=O) groups is 1. The van der Waals surface area contributed by atoms with Gasteiger partial charge in [0.15, 0.2) is 0 Å². The van der Waals surface area contributed by atoms with Gasteiger partial charge in [-0.2, -0.15) is 0 Å². The summed E-state index contributed by atoms with van der Waals surface area (Å²) in [5, 5.41) is 0. The molecule has 2 saturated heterocycles. The molecule has 2 aromatic carbocycles. The fourth-order valence-corrected chi connectivity index (χ4v) is 4.74. The summed E-state index contributed by atoms with van der Waals surface area (Å²) in [6, 6.07) is 16.7. The third-order valence-electron chi connectivity index (χ3n) is 6.37. The molecule has 0 saturated carbocycles. The minimum absolute atomic E-state index is 0.166. The van der Waals surface area contributed by atoms with E-state index in [9.17, 15) is 4.79 Å². The van der Waals surface area contributed by atoms with E-state index in [2.05, 4.69) is 27.0 Å². The zero-order valence-corrected chi connectivity index (χ0v) is 16.8. The molecule has 2 aliphatic rings. The topological polar surface area (TPSA) is 52.2 Å². The minimum Gasteiger partial charge on any atom is -0.342 e. The summed E-state index contributed by atoms with van der Waals surface area (Å²) in [6.07, 6.45) is 5.81. The third-order valence-corrected chi connectivity index (χ3v) is 6.37. The zero-order valence-electron chi connectivity index (χ0n) is 16.8. The van der Waals surface area contributed by atoms with Crippen molar-refractivity contribution in [2.45, 2.75) is 38.1 Å². The van der Waals surface area contributed by atoms with Gasteiger partial charge in [-0.25, -0.2) is 4.98 Å². The second-order valence-electron chi connectivity index (χ2n) is 8.36. The van der Waals surface area contributed by atoms with Gasteiger partial charge in [-0.15, -0.1) is 0 Å². The van der Waals surface area contributed by atoms with E-state index in [-0.39, 0.29) is 5.91 Å². The van der Waals surface area contributed by atoms with Crippen LogP contribution in [0.5, 0.6) is 0 Å². The molecule has 150 valence electrons. The standard InChI is InChI=1S/C24H28N4O/c29-24(28-15-12-20(17-28)27-13-4-1-5-14-27)19-10-8-18(9-11-19)16-23-25-21-6-2-3-7-22(21)26-23/h2-3,6-11,20H,1,4-5,12-17H2,(H,25,26). The minimum atomic E-state index is 0.166. The number of amides is 1. The number of H-pyrrole nitrogens is 1. The summed E-state index contributed by atoms with van der Waals surface area (Å²) in [5.74, 6) is 1.12. The molecule has 1 aromatic heterocycles. The maximum atomic E-state index is 13.0. The van der Waals surface area contributed by atoms with Crippen LogP contribution in [0.25, 0.3) is 11.0 Å². The Labute approximate surface area is 171 Å². The highest BCUT2D eigenvalue weighted by atomic mass is 16.2. The Morgan fingerprint density at radius 2 is 1.79 bits per heavy atom. The van der Waals surface area contributed by atoms with Gasteiger partial charge in [0, 0.05) is 31.1 Å². The van der Waals surface area contributed by atoms with Crippen molar-refractivity contribution in [3.63, 3.8) is 0 Å². The van der Waals surface area contributed by atoms with Crippen LogP contribution in [0.4, 0.5) is 0 Å². The first-order valence-corrected chi connectivity index (χ1v) is 10.8. The number of aromatic nitrogens is 2. The number of likely N-dealkylation sites (tertiary alicyclic amines) is 2. The van der Waals surface area contributed by atoms with Gasteiger partial charge in [-0.3, -0.25) is 9.69 Å². The molecule has 2 fully saturated rings. The Hall–Kier alpha value is -2.66. The summed E-state index contributed by atoms with van der Waals surface area (Å²) < 4.78 is 0. The monoisotopic (exact) mass is 388 g/mol. The van der Waals surface area contributed by atoms with E-state index < -0.39 is 0 Å². The van der Waals surface area contributed by atoms with Crippen LogP contribution < -0.4 is 0 Å². The lowest BCUT2D eigenvalue weighted by molar-refractivity contribution is 0.0771. The molecule has 0 spiro atoms. The number of hydrogen-bond acceptors (Lipinski definition) is 3. The quantitative estimate of drug-likeness (QED) is 0.739. The number of aromatic amines is 1. The van der Waals surface area contributed by atoms with Crippen LogP contribution in [-0.4, -0.2) is 57.9 Å². The van der Waals surface area contributed by atoms with Crippen molar-refractivity contribution in [3.05, 3.63) is 65.5 Å². The van der Waals surface area contributed by atoms with E-state index in [1.165, 1.54) is 32.4 Å². The number of hydrogen-bond donors (Lipinski definition) is 1. The van der Waals surface area contributed by atoms with E-state index in [0.29, 0.717) is 6.04 Å². The van der Waals surface area contributed by atoms with Gasteiger partial charge in [-0.1, -0.05) is 30.7 Å². The number of nitrogens with zero attached hydrogens (tertiary/aromatic N) is 3. The van der Waals surface area contributed by atoms with Crippen molar-refractivity contribution in [3.8, 4) is 0 Å². The first-order chi connectivity index (χ1) is 14.3. The summed E-state index contributed by atoms with van der Waals surface area (Å²) in [4.78, 5) is 25.6. The first kappa shape index (κ1) is 18.4. The third kappa shape index (κ3) is 3.92. The van der Waals surface area contributed by atoms with E-state index in [4.69, 9.17) is 0 Å². The lowest BCUT2D eigenvalue weighted by atomic mass is 10.1. The molecule has 29 heavy (non-hydrogen) atoms. The maximum absolute atomic E-state index is 13.0. The second-order valence-corrected chi connectivity index (χ2v) is 8.36. The van der Waals surface area contributed by atoms with Crippen LogP contribution in [-0.2, 0) is 6.42 Å². The number of benzene rings is 2. The van der Waals surface area contributed by atoms with Gasteiger partial charge >= 0.3 is 0 Å². The molecule has 5 nitrogen and oxygen atoms in total. The normalized spacial score (nSPS) is 20.4. The van der Waals surface area contributed by atoms with Gasteiger partial charge in [0.25, 0.3) is 5.91 Å². The Morgan fingerprint density at radius 1 is 1.00 bits per heavy atom. The molecule has 1 unspecified atom stereocenters. The second kappa shape index (κ2) is 7.99. The molecular weight excluding hydrogens is 360 g/mol. The molecule has 5 rings (SSSR count). The number of carbonyl (C=O) groups excluding carboxylic acids is 1. The molecule has 1 N–H and O–H groups in total. The van der Waals surface area contributed by atoms with Crippen LogP contribution in [0.1, 0.15) is 47.4 Å². The smallest absolute Gasteiger partial charge is 0.253 e. The van der Waals surface area contributed by atoms with E-state index in [0.717, 1.165) is 53.9 Å². The fourth-order valence-electron chi connectivity index (χ4n) is 4.74. The van der Waals surface area contributed by atoms with Crippen molar-refractivity contribution in [2.24, 2.45) is 0 Å². The summed E-state index contributed by atoms with van der Waals surface area (Å²) >= 11 is 0. The molecule has 1 atom stereocenters. The molecule has 0 aliphatic carbocycles. The largest absolute Gasteiger partial charge is 0.342 e. The number of fused-ring (bicyclic) bond motifs is 1. The maximum Gasteiger partial charge on any atom is 0.253 e. The van der Waals surface area contributed by atoms with Gasteiger partial charge in [-0.05, 0) is 62.2 Å². The van der Waals surface area contributed by atoms with Gasteiger partial charge in [0.05, 0.1) is 11.0 Å². The zero-order chi connectivity index (χ0) is 19.6. The summed E-state index contributed by atoms with van der Waals surface area (Å²) in [5.41, 5.74) is 4.00. The van der Waals surface area contributed by atoms with E-state index in [1.54, 1.807) is 0 Å². The van der Waals surface area contributed by atoms with Crippen molar-refractivity contribution >= 4 is 16.9 Å². The highest BCUT2D eigenvalue weighted by Gasteiger charge is 2.31. The molecule has 3 aromatic rings. The molecule has 3 heterocycles. The highest BCUT2D eigenvalue weighted by Crippen LogP contribution is 2.22. The van der Waals surface area contributed by atoms with Crippen molar-refractivity contribution < 1.29 is 4.79 Å². The number of imidazole rings is 1. The number of para-hydroxylation sites is 2. The van der Waals surface area contributed by atoms with Crippen molar-refractivity contribution in [1.29, 1.82) is 0 Å². The van der Waals surface area contributed by atoms with Crippen molar-refractivity contribution in [2.75, 3.05) is 26.2 Å². The predicted molar refractivity (Wildman–Crippen MR) is 115 cm³/mol. The van der Waals surface area contributed by atoms with E-state index >= 15 is 0 Å². The Kier molecular flexibility index (Phi) is 5.06. The molecule has 2 aliphatic heterocycles. The highest BCUT2D eigenvalue weighted by molar-refractivity contribution is 5.94. The predicted octanol–water partition coefficient (Wildman–Crippen LogP) is 3.85. The van der Waals surface area contributed by atoms with E-state index in [1.807, 2.05) is 41.3 Å². The summed E-state index contributed by atoms with van der Waals surface area (Å²) in [7, 11) is 0. The molecule has 0 radical (unpaired) electrons. The van der Waals surface area contributed by atoms with Crippen LogP contribution in [0, 0.1) is 0 Å². The SMILES string of the molecule is O=C(c1ccc(Cc2nc3ccccc3[nH]2)cc1)N1CCC(N2CCCCC2)C1. The number of rotatable bonds is 4. The Morgan fingerprint density at radius 3 is 2.59 bits per heavy atom. The average molecular weight is 389 g/mol. The van der Waals surface area contributed by atoms with Crippen LogP contribution in [0.2, 0.25) is 0 Å². The van der Waals surface area contributed by atoms with Gasteiger partial charge in [0.2, 0.25) is 0 Å². The van der Waals surface area contributed by atoms with Crippen molar-refractivity contribution in [1.82, 2.24) is 19.8 Å². The average Bonchev–Trinajstić information content (AvgIpc) is 3.41. The van der Waals surface area contributed by atoms with Gasteiger partial charge < -0.3 is 9.88 Å². The first-order valence-electron chi connectivity index (χ1n) is 10.8. The lowest BCUT2D eigenvalue weighted by Crippen LogP contribution is -2.41. The van der Waals surface area contributed by atoms with Gasteiger partial charge in [0.1, 0.15) is 5.82 Å². The van der Waals surface area contributed by atoms with Crippen LogP contribution >= 0.6 is 0 Å². The molecule has 1 amide bonds. The molecule has 0 bridgehead atoms.